The fraction of sp³-hybridized carbons (Fsp3) is 0.647. The molecule has 0 radical (unpaired) electrons. The average molecular weight is 328 g/mol. The minimum Gasteiger partial charge on any atom is -0.355 e. The Morgan fingerprint density at radius 2 is 2.25 bits per heavy atom. The number of hydrogen-bond acceptors (Lipinski definition) is 6. The highest BCUT2D eigenvalue weighted by Gasteiger charge is 2.33. The lowest BCUT2D eigenvalue weighted by atomic mass is 9.89. The summed E-state index contributed by atoms with van der Waals surface area (Å²) in [6.07, 6.45) is 5.29. The van der Waals surface area contributed by atoms with Gasteiger partial charge in [-0.1, -0.05) is 0 Å². The zero-order valence-electron chi connectivity index (χ0n) is 14.1. The van der Waals surface area contributed by atoms with Crippen molar-refractivity contribution in [3.63, 3.8) is 0 Å². The number of aromatic nitrogens is 2. The van der Waals surface area contributed by atoms with Crippen molar-refractivity contribution in [2.75, 3.05) is 31.1 Å². The van der Waals surface area contributed by atoms with E-state index < -0.39 is 0 Å². The van der Waals surface area contributed by atoms with E-state index in [1.807, 2.05) is 12.1 Å². The molecule has 1 N–H and O–H groups in total. The van der Waals surface area contributed by atoms with E-state index in [1.165, 1.54) is 0 Å². The number of rotatable bonds is 4. The van der Waals surface area contributed by atoms with Crippen LogP contribution < -0.4 is 10.2 Å². The topological polar surface area (TPSA) is 85.2 Å². The monoisotopic (exact) mass is 328 g/mol. The summed E-state index contributed by atoms with van der Waals surface area (Å²) in [6.45, 7) is 4.96. The highest BCUT2D eigenvalue weighted by atomic mass is 16.2. The van der Waals surface area contributed by atoms with Gasteiger partial charge in [0.25, 0.3) is 0 Å². The van der Waals surface area contributed by atoms with Crippen molar-refractivity contribution in [1.82, 2.24) is 20.4 Å². The fourth-order valence-electron chi connectivity index (χ4n) is 3.46. The predicted molar refractivity (Wildman–Crippen MR) is 90.2 cm³/mol. The summed E-state index contributed by atoms with van der Waals surface area (Å²) in [4.78, 5) is 16.3. The highest BCUT2D eigenvalue weighted by Crippen LogP contribution is 2.24. The fourth-order valence-corrected chi connectivity index (χ4v) is 3.46. The summed E-state index contributed by atoms with van der Waals surface area (Å²) in [5, 5.41) is 20.6. The van der Waals surface area contributed by atoms with E-state index >= 15 is 0 Å². The molecule has 0 unspecified atom stereocenters. The second-order valence-corrected chi connectivity index (χ2v) is 6.86. The number of nitriles is 1. The van der Waals surface area contributed by atoms with Crippen LogP contribution in [0, 0.1) is 11.3 Å². The lowest BCUT2D eigenvalue weighted by Crippen LogP contribution is -2.54. The van der Waals surface area contributed by atoms with E-state index in [4.69, 9.17) is 5.26 Å². The van der Waals surface area contributed by atoms with Crippen LogP contribution in [0.25, 0.3) is 0 Å². The number of nitrogens with zero attached hydrogens (tertiary/aromatic N) is 5. The van der Waals surface area contributed by atoms with Gasteiger partial charge in [-0.15, -0.1) is 5.10 Å². The van der Waals surface area contributed by atoms with Gasteiger partial charge in [-0.2, -0.15) is 10.4 Å². The molecule has 0 spiro atoms. The molecular formula is C17H24N6O. The molecule has 24 heavy (non-hydrogen) atoms. The Bertz CT molecular complexity index is 605. The Hall–Kier alpha value is -2.20. The van der Waals surface area contributed by atoms with Crippen LogP contribution in [0.2, 0.25) is 0 Å². The Kier molecular flexibility index (Phi) is 4.95. The Balaban J connectivity index is 1.50. The van der Waals surface area contributed by atoms with E-state index in [0.717, 1.165) is 44.6 Å². The lowest BCUT2D eigenvalue weighted by Gasteiger charge is -2.40. The SMILES string of the molecule is CC1(NCC(=O)N2CCC[C@H]2C#N)CCN(c2cccnn2)CC1. The van der Waals surface area contributed by atoms with E-state index in [1.54, 1.807) is 11.1 Å². The number of carbonyl (C=O) groups is 1. The van der Waals surface area contributed by atoms with Crippen molar-refractivity contribution in [1.29, 1.82) is 5.26 Å². The molecule has 0 aromatic carbocycles. The molecule has 0 bridgehead atoms. The third-order valence-corrected chi connectivity index (χ3v) is 5.14. The van der Waals surface area contributed by atoms with Crippen molar-refractivity contribution in [2.45, 2.75) is 44.2 Å². The molecule has 1 atom stereocenters. The van der Waals surface area contributed by atoms with Gasteiger partial charge in [0.1, 0.15) is 6.04 Å². The predicted octanol–water partition coefficient (Wildman–Crippen LogP) is 0.940. The highest BCUT2D eigenvalue weighted by molar-refractivity contribution is 5.79. The summed E-state index contributed by atoms with van der Waals surface area (Å²) < 4.78 is 0. The maximum Gasteiger partial charge on any atom is 0.237 e. The van der Waals surface area contributed by atoms with Crippen LogP contribution in [0.15, 0.2) is 18.3 Å². The normalized spacial score (nSPS) is 23.1. The molecule has 3 rings (SSSR count). The zero-order chi connectivity index (χ0) is 17.0. The second-order valence-electron chi connectivity index (χ2n) is 6.86. The third-order valence-electron chi connectivity index (χ3n) is 5.14. The minimum atomic E-state index is -0.245. The van der Waals surface area contributed by atoms with Crippen LogP contribution in [0.4, 0.5) is 5.82 Å². The first-order valence-electron chi connectivity index (χ1n) is 8.58. The molecule has 2 aliphatic rings. The van der Waals surface area contributed by atoms with E-state index in [2.05, 4.69) is 33.4 Å². The number of amides is 1. The third kappa shape index (κ3) is 3.65. The van der Waals surface area contributed by atoms with Gasteiger partial charge in [0.2, 0.25) is 5.91 Å². The van der Waals surface area contributed by atoms with Crippen molar-refractivity contribution >= 4 is 11.7 Å². The maximum absolute atomic E-state index is 12.4. The van der Waals surface area contributed by atoms with Gasteiger partial charge in [0, 0.05) is 31.4 Å². The van der Waals surface area contributed by atoms with Crippen LogP contribution in [-0.4, -0.2) is 58.8 Å². The number of hydrogen-bond donors (Lipinski definition) is 1. The molecule has 2 fully saturated rings. The Morgan fingerprint density at radius 1 is 1.46 bits per heavy atom. The zero-order valence-corrected chi connectivity index (χ0v) is 14.1. The Morgan fingerprint density at radius 3 is 2.92 bits per heavy atom. The van der Waals surface area contributed by atoms with Crippen molar-refractivity contribution in [3.05, 3.63) is 18.3 Å². The summed E-state index contributed by atoms with van der Waals surface area (Å²) in [6, 6.07) is 5.85. The molecule has 0 saturated carbocycles. The van der Waals surface area contributed by atoms with Crippen LogP contribution in [0.1, 0.15) is 32.6 Å². The summed E-state index contributed by atoms with van der Waals surface area (Å²) in [7, 11) is 0. The number of likely N-dealkylation sites (tertiary alicyclic amines) is 1. The van der Waals surface area contributed by atoms with Crippen LogP contribution in [-0.2, 0) is 4.79 Å². The first-order valence-corrected chi connectivity index (χ1v) is 8.58. The van der Waals surface area contributed by atoms with Gasteiger partial charge in [-0.05, 0) is 44.7 Å². The van der Waals surface area contributed by atoms with Gasteiger partial charge in [0.15, 0.2) is 5.82 Å². The molecule has 7 nitrogen and oxygen atoms in total. The van der Waals surface area contributed by atoms with Gasteiger partial charge in [-0.3, -0.25) is 4.79 Å². The average Bonchev–Trinajstić information content (AvgIpc) is 3.10. The standard InChI is InChI=1S/C17H24N6O/c1-17(19-13-16(24)23-9-3-4-14(23)12-18)6-10-22(11-7-17)15-5-2-8-20-21-15/h2,5,8,14,19H,3-4,6-7,9-11,13H2,1H3/t14-/m0/s1. The molecule has 1 aromatic heterocycles. The number of anilines is 1. The number of nitrogens with one attached hydrogen (secondary N) is 1. The van der Waals surface area contributed by atoms with Crippen molar-refractivity contribution < 1.29 is 4.79 Å². The van der Waals surface area contributed by atoms with Crippen LogP contribution in [0.3, 0.4) is 0 Å². The van der Waals surface area contributed by atoms with Gasteiger partial charge in [-0.25, -0.2) is 0 Å². The summed E-state index contributed by atoms with van der Waals surface area (Å²) in [5.41, 5.74) is -0.0593. The lowest BCUT2D eigenvalue weighted by molar-refractivity contribution is -0.130. The minimum absolute atomic E-state index is 0.0385. The molecule has 2 saturated heterocycles. The molecule has 1 aromatic rings. The molecule has 3 heterocycles. The van der Waals surface area contributed by atoms with E-state index in [9.17, 15) is 4.79 Å². The van der Waals surface area contributed by atoms with E-state index in [-0.39, 0.29) is 17.5 Å². The molecule has 128 valence electrons. The number of piperidine rings is 1. The van der Waals surface area contributed by atoms with Gasteiger partial charge >= 0.3 is 0 Å². The van der Waals surface area contributed by atoms with Gasteiger partial charge in [0.05, 0.1) is 12.6 Å². The smallest absolute Gasteiger partial charge is 0.237 e. The molecule has 1 amide bonds. The van der Waals surface area contributed by atoms with Crippen molar-refractivity contribution in [2.24, 2.45) is 0 Å². The van der Waals surface area contributed by atoms with Crippen LogP contribution >= 0.6 is 0 Å². The van der Waals surface area contributed by atoms with Crippen molar-refractivity contribution in [3.8, 4) is 6.07 Å². The molecular weight excluding hydrogens is 304 g/mol. The number of carbonyl (C=O) groups excluding carboxylic acids is 1. The largest absolute Gasteiger partial charge is 0.355 e. The first-order chi connectivity index (χ1) is 11.6. The van der Waals surface area contributed by atoms with Gasteiger partial charge < -0.3 is 15.1 Å². The molecule has 0 aliphatic carbocycles. The quantitative estimate of drug-likeness (QED) is 0.885. The molecule has 2 aliphatic heterocycles. The Labute approximate surface area is 142 Å². The second kappa shape index (κ2) is 7.14. The maximum atomic E-state index is 12.4. The first kappa shape index (κ1) is 16.7. The molecule has 7 heteroatoms. The summed E-state index contributed by atoms with van der Waals surface area (Å²) >= 11 is 0. The summed E-state index contributed by atoms with van der Waals surface area (Å²) in [5.74, 6) is 0.946. The van der Waals surface area contributed by atoms with E-state index in [0.29, 0.717) is 13.1 Å². The van der Waals surface area contributed by atoms with Crippen LogP contribution in [0.5, 0.6) is 0 Å².